The molecule has 1 aromatic rings. The van der Waals surface area contributed by atoms with Crippen molar-refractivity contribution in [1.82, 2.24) is 10.2 Å². The summed E-state index contributed by atoms with van der Waals surface area (Å²) in [5, 5.41) is 2.86. The lowest BCUT2D eigenvalue weighted by molar-refractivity contribution is -0.121. The highest BCUT2D eigenvalue weighted by molar-refractivity contribution is 5.80. The van der Waals surface area contributed by atoms with Crippen LogP contribution in [0.2, 0.25) is 0 Å². The molecule has 3 amide bonds. The maximum atomic E-state index is 12.1. The number of ether oxygens (including phenoxy) is 2. The first kappa shape index (κ1) is 16.9. The molecule has 1 saturated heterocycles. The van der Waals surface area contributed by atoms with E-state index in [1.165, 1.54) is 0 Å². The molecule has 0 saturated carbocycles. The molecule has 126 valence electrons. The average molecular weight is 321 g/mol. The van der Waals surface area contributed by atoms with Crippen LogP contribution in [-0.4, -0.2) is 50.7 Å². The van der Waals surface area contributed by atoms with E-state index in [0.29, 0.717) is 44.0 Å². The summed E-state index contributed by atoms with van der Waals surface area (Å²) in [7, 11) is 3.18. The highest BCUT2D eigenvalue weighted by atomic mass is 16.5. The van der Waals surface area contributed by atoms with E-state index in [1.807, 2.05) is 18.2 Å². The Morgan fingerprint density at radius 3 is 2.74 bits per heavy atom. The van der Waals surface area contributed by atoms with Crippen molar-refractivity contribution in [3.63, 3.8) is 0 Å². The topological polar surface area (TPSA) is 93.9 Å². The van der Waals surface area contributed by atoms with Crippen LogP contribution in [0.4, 0.5) is 4.79 Å². The van der Waals surface area contributed by atoms with Gasteiger partial charge >= 0.3 is 6.03 Å². The predicted molar refractivity (Wildman–Crippen MR) is 85.5 cm³/mol. The number of urea groups is 1. The number of amides is 3. The fraction of sp³-hybridized carbons (Fsp3) is 0.500. The molecule has 0 bridgehead atoms. The largest absolute Gasteiger partial charge is 0.493 e. The van der Waals surface area contributed by atoms with E-state index in [9.17, 15) is 9.59 Å². The second-order valence-electron chi connectivity index (χ2n) is 5.47. The smallest absolute Gasteiger partial charge is 0.317 e. The zero-order valence-corrected chi connectivity index (χ0v) is 13.5. The maximum absolute atomic E-state index is 12.1. The lowest BCUT2D eigenvalue weighted by atomic mass is 10.1. The number of methoxy groups -OCH3 is 2. The van der Waals surface area contributed by atoms with Crippen LogP contribution in [-0.2, 0) is 11.2 Å². The summed E-state index contributed by atoms with van der Waals surface area (Å²) in [6, 6.07) is 5.48. The van der Waals surface area contributed by atoms with Crippen molar-refractivity contribution in [2.24, 2.45) is 11.7 Å². The number of benzene rings is 1. The third-order valence-electron chi connectivity index (χ3n) is 4.03. The fourth-order valence-corrected chi connectivity index (χ4v) is 2.74. The van der Waals surface area contributed by atoms with Gasteiger partial charge in [-0.1, -0.05) is 12.1 Å². The Kier molecular flexibility index (Phi) is 5.67. The van der Waals surface area contributed by atoms with Gasteiger partial charge in [-0.15, -0.1) is 0 Å². The van der Waals surface area contributed by atoms with E-state index in [2.05, 4.69) is 5.32 Å². The Labute approximate surface area is 135 Å². The van der Waals surface area contributed by atoms with E-state index in [1.54, 1.807) is 19.1 Å². The lowest BCUT2D eigenvalue weighted by Gasteiger charge is -2.17. The second-order valence-corrected chi connectivity index (χ2v) is 5.47. The first-order chi connectivity index (χ1) is 11.1. The minimum atomic E-state index is -0.346. The molecule has 1 atom stereocenters. The van der Waals surface area contributed by atoms with Crippen LogP contribution in [0.25, 0.3) is 0 Å². The molecule has 1 aliphatic rings. The van der Waals surface area contributed by atoms with Crippen LogP contribution >= 0.6 is 0 Å². The molecular weight excluding hydrogens is 298 g/mol. The Bertz CT molecular complexity index is 576. The molecule has 1 aromatic carbocycles. The molecule has 3 N–H and O–H groups in total. The molecule has 1 aliphatic heterocycles. The minimum absolute atomic E-state index is 0.171. The Balaban J connectivity index is 1.86. The van der Waals surface area contributed by atoms with Crippen molar-refractivity contribution in [3.8, 4) is 11.5 Å². The van der Waals surface area contributed by atoms with Gasteiger partial charge in [0.15, 0.2) is 11.5 Å². The second kappa shape index (κ2) is 7.71. The zero-order valence-electron chi connectivity index (χ0n) is 13.5. The van der Waals surface area contributed by atoms with Crippen molar-refractivity contribution in [2.45, 2.75) is 12.8 Å². The summed E-state index contributed by atoms with van der Waals surface area (Å²) in [5.41, 5.74) is 6.23. The zero-order chi connectivity index (χ0) is 16.8. The molecule has 0 aliphatic carbocycles. The van der Waals surface area contributed by atoms with Gasteiger partial charge in [0.2, 0.25) is 5.91 Å². The van der Waals surface area contributed by atoms with Gasteiger partial charge in [-0.25, -0.2) is 4.79 Å². The van der Waals surface area contributed by atoms with Crippen molar-refractivity contribution in [2.75, 3.05) is 33.9 Å². The van der Waals surface area contributed by atoms with Gasteiger partial charge in [0.05, 0.1) is 20.1 Å². The normalized spacial score (nSPS) is 17.0. The van der Waals surface area contributed by atoms with Crippen LogP contribution in [0.3, 0.4) is 0 Å². The van der Waals surface area contributed by atoms with Crippen LogP contribution in [0.5, 0.6) is 11.5 Å². The standard InChI is InChI=1S/C16H23N3O4/c1-22-13-5-3-4-11(14(13)23-2)6-8-18-16(21)19-9-7-12(10-19)15(17)20/h3-5,12H,6-10H2,1-2H3,(H2,17,20)(H,18,21)/t12-/m0/s1. The van der Waals surface area contributed by atoms with Gasteiger partial charge in [-0.05, 0) is 24.5 Å². The Morgan fingerprint density at radius 2 is 2.13 bits per heavy atom. The number of hydrogen-bond acceptors (Lipinski definition) is 4. The first-order valence-electron chi connectivity index (χ1n) is 7.58. The SMILES string of the molecule is COc1cccc(CCNC(=O)N2CC[C@H](C(N)=O)C2)c1OC. The molecule has 0 radical (unpaired) electrons. The number of likely N-dealkylation sites (tertiary alicyclic amines) is 1. The first-order valence-corrected chi connectivity index (χ1v) is 7.58. The Hall–Kier alpha value is -2.44. The molecule has 1 heterocycles. The van der Waals surface area contributed by atoms with E-state index in [0.717, 1.165) is 5.56 Å². The third kappa shape index (κ3) is 4.06. The molecule has 0 unspecified atom stereocenters. The number of nitrogens with two attached hydrogens (primary N) is 1. The molecular formula is C16H23N3O4. The summed E-state index contributed by atoms with van der Waals surface area (Å²) in [4.78, 5) is 24.8. The fourth-order valence-electron chi connectivity index (χ4n) is 2.74. The van der Waals surface area contributed by atoms with E-state index < -0.39 is 0 Å². The molecule has 2 rings (SSSR count). The monoisotopic (exact) mass is 321 g/mol. The highest BCUT2D eigenvalue weighted by Gasteiger charge is 2.29. The summed E-state index contributed by atoms with van der Waals surface area (Å²) in [6.45, 7) is 1.42. The van der Waals surface area contributed by atoms with Crippen LogP contribution in [0.1, 0.15) is 12.0 Å². The van der Waals surface area contributed by atoms with Crippen LogP contribution < -0.4 is 20.5 Å². The molecule has 0 aromatic heterocycles. The van der Waals surface area contributed by atoms with Gasteiger partial charge in [-0.2, -0.15) is 0 Å². The number of nitrogens with one attached hydrogen (secondary N) is 1. The van der Waals surface area contributed by atoms with Gasteiger partial charge < -0.3 is 25.4 Å². The maximum Gasteiger partial charge on any atom is 0.317 e. The predicted octanol–water partition coefficient (Wildman–Crippen LogP) is 0.763. The van der Waals surface area contributed by atoms with Gasteiger partial charge in [0.1, 0.15) is 0 Å². The summed E-state index contributed by atoms with van der Waals surface area (Å²) in [5.74, 6) is 0.764. The molecule has 1 fully saturated rings. The number of carbonyl (C=O) groups excluding carboxylic acids is 2. The summed E-state index contributed by atoms with van der Waals surface area (Å²) >= 11 is 0. The van der Waals surface area contributed by atoms with Gasteiger partial charge in [0, 0.05) is 19.6 Å². The number of nitrogens with zero attached hydrogens (tertiary/aromatic N) is 1. The highest BCUT2D eigenvalue weighted by Crippen LogP contribution is 2.30. The quantitative estimate of drug-likeness (QED) is 0.809. The lowest BCUT2D eigenvalue weighted by Crippen LogP contribution is -2.40. The number of carbonyl (C=O) groups is 2. The van der Waals surface area contributed by atoms with Crippen molar-refractivity contribution < 1.29 is 19.1 Å². The van der Waals surface area contributed by atoms with Gasteiger partial charge in [-0.3, -0.25) is 4.79 Å². The van der Waals surface area contributed by atoms with Crippen LogP contribution in [0, 0.1) is 5.92 Å². The van der Waals surface area contributed by atoms with Crippen LogP contribution in [0.15, 0.2) is 18.2 Å². The Morgan fingerprint density at radius 1 is 1.35 bits per heavy atom. The number of para-hydroxylation sites is 1. The van der Waals surface area contributed by atoms with Crippen molar-refractivity contribution >= 4 is 11.9 Å². The van der Waals surface area contributed by atoms with Crippen molar-refractivity contribution in [1.29, 1.82) is 0 Å². The van der Waals surface area contributed by atoms with Gasteiger partial charge in [0.25, 0.3) is 0 Å². The molecule has 7 heteroatoms. The van der Waals surface area contributed by atoms with E-state index in [-0.39, 0.29) is 17.9 Å². The molecule has 23 heavy (non-hydrogen) atoms. The summed E-state index contributed by atoms with van der Waals surface area (Å²) in [6.07, 6.45) is 1.26. The number of primary amides is 1. The third-order valence-corrected chi connectivity index (χ3v) is 4.03. The van der Waals surface area contributed by atoms with Crippen molar-refractivity contribution in [3.05, 3.63) is 23.8 Å². The summed E-state index contributed by atoms with van der Waals surface area (Å²) < 4.78 is 10.6. The minimum Gasteiger partial charge on any atom is -0.493 e. The van der Waals surface area contributed by atoms with E-state index >= 15 is 0 Å². The number of rotatable bonds is 6. The van der Waals surface area contributed by atoms with E-state index in [4.69, 9.17) is 15.2 Å². The molecule has 7 nitrogen and oxygen atoms in total. The average Bonchev–Trinajstić information content (AvgIpc) is 3.04. The molecule has 0 spiro atoms. The number of hydrogen-bond donors (Lipinski definition) is 2.